The molecule has 0 atom stereocenters. The Balaban J connectivity index is 2.00. The van der Waals surface area contributed by atoms with Crippen LogP contribution in [-0.4, -0.2) is 18.1 Å². The quantitative estimate of drug-likeness (QED) is 0.747. The van der Waals surface area contributed by atoms with E-state index in [-0.39, 0.29) is 6.67 Å². The van der Waals surface area contributed by atoms with Crippen molar-refractivity contribution in [1.29, 1.82) is 0 Å². The van der Waals surface area contributed by atoms with E-state index >= 15 is 0 Å². The van der Waals surface area contributed by atoms with E-state index in [0.29, 0.717) is 6.54 Å². The highest BCUT2D eigenvalue weighted by Crippen LogP contribution is 2.09. The molecule has 0 amide bonds. The molecule has 2 heteroatoms. The summed E-state index contributed by atoms with van der Waals surface area (Å²) in [5.74, 6) is 0. The smallest absolute Gasteiger partial charge is 0.102 e. The fourth-order valence-corrected chi connectivity index (χ4v) is 2.02. The highest BCUT2D eigenvalue weighted by atomic mass is 18.2. The van der Waals surface area contributed by atoms with Crippen LogP contribution in [0.5, 0.6) is 0 Å². The van der Waals surface area contributed by atoms with Gasteiger partial charge in [-0.1, -0.05) is 60.7 Å². The molecule has 1 nitrogen and oxygen atoms in total. The molecular weight excluding hydrogens is 224 g/mol. The number of rotatable bonds is 6. The minimum absolute atomic E-state index is 0.306. The molecule has 0 aliphatic carbocycles. The van der Waals surface area contributed by atoms with E-state index in [2.05, 4.69) is 29.2 Å². The van der Waals surface area contributed by atoms with Crippen LogP contribution in [0.25, 0.3) is 0 Å². The van der Waals surface area contributed by atoms with Crippen molar-refractivity contribution in [2.45, 2.75) is 13.1 Å². The predicted molar refractivity (Wildman–Crippen MR) is 73.0 cm³/mol. The first-order valence-corrected chi connectivity index (χ1v) is 6.24. The molecule has 2 aromatic carbocycles. The lowest BCUT2D eigenvalue weighted by Gasteiger charge is -2.21. The van der Waals surface area contributed by atoms with E-state index in [4.69, 9.17) is 0 Å². The monoisotopic (exact) mass is 242 g/mol. The lowest BCUT2D eigenvalue weighted by atomic mass is 10.1. The molecule has 2 rings (SSSR count). The Kier molecular flexibility index (Phi) is 4.91. The Morgan fingerprint density at radius 1 is 0.722 bits per heavy atom. The number of halogens is 1. The van der Waals surface area contributed by atoms with Crippen LogP contribution in [0.1, 0.15) is 11.1 Å². The Hall–Kier alpha value is -1.67. The summed E-state index contributed by atoms with van der Waals surface area (Å²) in [6, 6.07) is 20.4. The topological polar surface area (TPSA) is 3.24 Å². The number of benzene rings is 2. The summed E-state index contributed by atoms with van der Waals surface area (Å²) >= 11 is 0. The molecule has 0 heterocycles. The van der Waals surface area contributed by atoms with Gasteiger partial charge in [0.1, 0.15) is 6.67 Å². The maximum Gasteiger partial charge on any atom is 0.102 e. The summed E-state index contributed by atoms with van der Waals surface area (Å²) in [4.78, 5) is 2.13. The fourth-order valence-electron chi connectivity index (χ4n) is 2.02. The van der Waals surface area contributed by atoms with Crippen molar-refractivity contribution in [1.82, 2.24) is 4.90 Å². The molecule has 2 aromatic rings. The Labute approximate surface area is 108 Å². The number of hydrogen-bond donors (Lipinski definition) is 0. The molecule has 0 fully saturated rings. The molecular formula is C16H18FN. The maximum absolute atomic E-state index is 12.6. The number of alkyl halides is 1. The summed E-state index contributed by atoms with van der Waals surface area (Å²) in [6.45, 7) is 1.75. The summed E-state index contributed by atoms with van der Waals surface area (Å²) in [7, 11) is 0. The molecule has 94 valence electrons. The van der Waals surface area contributed by atoms with Gasteiger partial charge in [0, 0.05) is 19.6 Å². The third-order valence-corrected chi connectivity index (χ3v) is 2.90. The van der Waals surface area contributed by atoms with Gasteiger partial charge in [-0.15, -0.1) is 0 Å². The molecule has 0 saturated carbocycles. The van der Waals surface area contributed by atoms with E-state index in [0.717, 1.165) is 13.1 Å². The van der Waals surface area contributed by atoms with Gasteiger partial charge in [-0.25, -0.2) is 4.39 Å². The zero-order valence-electron chi connectivity index (χ0n) is 10.4. The van der Waals surface area contributed by atoms with Gasteiger partial charge in [0.25, 0.3) is 0 Å². The molecule has 0 N–H and O–H groups in total. The molecule has 0 radical (unpaired) electrons. The number of hydrogen-bond acceptors (Lipinski definition) is 1. The first-order chi connectivity index (χ1) is 8.88. The van der Waals surface area contributed by atoms with Gasteiger partial charge in [-0.2, -0.15) is 0 Å². The Morgan fingerprint density at radius 2 is 1.17 bits per heavy atom. The van der Waals surface area contributed by atoms with E-state index in [1.807, 2.05) is 36.4 Å². The summed E-state index contributed by atoms with van der Waals surface area (Å²) in [6.07, 6.45) is 0. The van der Waals surface area contributed by atoms with E-state index < -0.39 is 0 Å². The molecule has 0 aliphatic rings. The first-order valence-electron chi connectivity index (χ1n) is 6.24. The van der Waals surface area contributed by atoms with Gasteiger partial charge in [-0.3, -0.25) is 4.90 Å². The van der Waals surface area contributed by atoms with Crippen LogP contribution in [0.3, 0.4) is 0 Å². The van der Waals surface area contributed by atoms with Crippen LogP contribution in [0.2, 0.25) is 0 Å². The predicted octanol–water partition coefficient (Wildman–Crippen LogP) is 3.66. The highest BCUT2D eigenvalue weighted by Gasteiger charge is 2.06. The molecule has 0 spiro atoms. The van der Waals surface area contributed by atoms with Crippen LogP contribution in [-0.2, 0) is 13.1 Å². The van der Waals surface area contributed by atoms with Crippen LogP contribution in [0, 0.1) is 0 Å². The lowest BCUT2D eigenvalue weighted by molar-refractivity contribution is 0.232. The third kappa shape index (κ3) is 3.97. The van der Waals surface area contributed by atoms with Gasteiger partial charge < -0.3 is 0 Å². The van der Waals surface area contributed by atoms with Gasteiger partial charge in [0.2, 0.25) is 0 Å². The van der Waals surface area contributed by atoms with Gasteiger partial charge in [-0.05, 0) is 11.1 Å². The van der Waals surface area contributed by atoms with Gasteiger partial charge in [0.15, 0.2) is 0 Å². The molecule has 18 heavy (non-hydrogen) atoms. The number of nitrogens with zero attached hydrogens (tertiary/aromatic N) is 1. The maximum atomic E-state index is 12.6. The summed E-state index contributed by atoms with van der Waals surface area (Å²) in [5, 5.41) is 0. The van der Waals surface area contributed by atoms with Crippen molar-refractivity contribution in [3.05, 3.63) is 71.8 Å². The molecule has 0 bridgehead atoms. The van der Waals surface area contributed by atoms with Crippen molar-refractivity contribution in [2.24, 2.45) is 0 Å². The normalized spacial score (nSPS) is 10.8. The second-order valence-electron chi connectivity index (χ2n) is 4.37. The SMILES string of the molecule is [18F]CCN(Cc1ccccc1)Cc1ccccc1. The van der Waals surface area contributed by atoms with Gasteiger partial charge in [0.05, 0.1) is 0 Å². The summed E-state index contributed by atoms with van der Waals surface area (Å²) < 4.78 is 12.6. The van der Waals surface area contributed by atoms with E-state index in [9.17, 15) is 4.39 Å². The molecule has 0 aromatic heterocycles. The second kappa shape index (κ2) is 6.92. The molecule has 0 aliphatic heterocycles. The van der Waals surface area contributed by atoms with E-state index in [1.54, 1.807) is 0 Å². The Morgan fingerprint density at radius 3 is 1.56 bits per heavy atom. The first kappa shape index (κ1) is 12.8. The van der Waals surface area contributed by atoms with Crippen LogP contribution in [0.15, 0.2) is 60.7 Å². The minimum Gasteiger partial charge on any atom is -0.292 e. The fraction of sp³-hybridized carbons (Fsp3) is 0.250. The highest BCUT2D eigenvalue weighted by molar-refractivity contribution is 5.17. The molecule has 0 saturated heterocycles. The van der Waals surface area contributed by atoms with Crippen molar-refractivity contribution < 1.29 is 4.39 Å². The average molecular weight is 242 g/mol. The minimum atomic E-state index is -0.306. The zero-order valence-corrected chi connectivity index (χ0v) is 10.4. The van der Waals surface area contributed by atoms with E-state index in [1.165, 1.54) is 11.1 Å². The summed E-state index contributed by atoms with van der Waals surface area (Å²) in [5.41, 5.74) is 2.45. The van der Waals surface area contributed by atoms with Gasteiger partial charge >= 0.3 is 0 Å². The second-order valence-corrected chi connectivity index (χ2v) is 4.37. The van der Waals surface area contributed by atoms with Crippen LogP contribution >= 0.6 is 0 Å². The third-order valence-electron chi connectivity index (χ3n) is 2.90. The van der Waals surface area contributed by atoms with Crippen molar-refractivity contribution >= 4 is 0 Å². The molecule has 0 unspecified atom stereocenters. The lowest BCUT2D eigenvalue weighted by Crippen LogP contribution is -2.25. The largest absolute Gasteiger partial charge is 0.292 e. The van der Waals surface area contributed by atoms with Crippen LogP contribution < -0.4 is 0 Å². The van der Waals surface area contributed by atoms with Crippen LogP contribution in [0.4, 0.5) is 4.39 Å². The Bertz CT molecular complexity index is 400. The van der Waals surface area contributed by atoms with Crippen molar-refractivity contribution in [3.63, 3.8) is 0 Å². The van der Waals surface area contributed by atoms with Crippen molar-refractivity contribution in [2.75, 3.05) is 13.2 Å². The van der Waals surface area contributed by atoms with Crippen molar-refractivity contribution in [3.8, 4) is 0 Å². The zero-order chi connectivity index (χ0) is 12.6. The standard InChI is InChI=1S/C16H18FN/c17-11-12-18(13-15-7-3-1-4-8-15)14-16-9-5-2-6-10-16/h1-10H,11-14H2/i17-1. The average Bonchev–Trinajstić information content (AvgIpc) is 2.41.